The van der Waals surface area contributed by atoms with Crippen LogP contribution in [0.5, 0.6) is 0 Å². The van der Waals surface area contributed by atoms with Crippen LogP contribution in [0.15, 0.2) is 0 Å². The van der Waals surface area contributed by atoms with E-state index in [1.165, 1.54) is 0 Å². The summed E-state index contributed by atoms with van der Waals surface area (Å²) in [7, 11) is 0. The minimum atomic E-state index is -1.31. The molecule has 0 aliphatic rings. The van der Waals surface area contributed by atoms with E-state index in [0.717, 1.165) is 0 Å². The summed E-state index contributed by atoms with van der Waals surface area (Å²) < 4.78 is 0. The van der Waals surface area contributed by atoms with Crippen LogP contribution in [0, 0.1) is 5.41 Å². The molecule has 0 saturated carbocycles. The summed E-state index contributed by atoms with van der Waals surface area (Å²) in [5, 5.41) is 11.1. The first-order valence-electron chi connectivity index (χ1n) is 5.29. The fraction of sp³-hybridized carbons (Fsp3) is 0.700. The van der Waals surface area contributed by atoms with Crippen LogP contribution in [0.3, 0.4) is 0 Å². The monoisotopic (exact) mass is 245 g/mol. The lowest BCUT2D eigenvalue weighted by atomic mass is 9.86. The zero-order valence-corrected chi connectivity index (χ0v) is 10.0. The lowest BCUT2D eigenvalue weighted by Gasteiger charge is -2.26. The van der Waals surface area contributed by atoms with Crippen LogP contribution >= 0.6 is 0 Å². The van der Waals surface area contributed by atoms with Crippen LogP contribution in [0.4, 0.5) is 0 Å². The van der Waals surface area contributed by atoms with E-state index in [2.05, 4.69) is 5.32 Å². The minimum absolute atomic E-state index is 0.0955. The van der Waals surface area contributed by atoms with Crippen LogP contribution in [0.1, 0.15) is 26.7 Å². The molecule has 17 heavy (non-hydrogen) atoms. The topological polar surface area (TPSA) is 136 Å². The van der Waals surface area contributed by atoms with E-state index in [4.69, 9.17) is 16.6 Å². The van der Waals surface area contributed by atoms with E-state index >= 15 is 0 Å². The third-order valence-corrected chi connectivity index (χ3v) is 2.79. The van der Waals surface area contributed by atoms with Gasteiger partial charge in [-0.25, -0.2) is 4.79 Å². The van der Waals surface area contributed by atoms with Crippen molar-refractivity contribution in [3.63, 3.8) is 0 Å². The van der Waals surface area contributed by atoms with Gasteiger partial charge in [-0.3, -0.25) is 9.59 Å². The van der Waals surface area contributed by atoms with Crippen molar-refractivity contribution in [3.8, 4) is 0 Å². The van der Waals surface area contributed by atoms with Crippen LogP contribution in [0.2, 0.25) is 0 Å². The van der Waals surface area contributed by atoms with Crippen molar-refractivity contribution in [3.05, 3.63) is 0 Å². The SMILES string of the molecule is CCC(C)(CN)C(=O)N[C@@H](CC(N)=O)C(=O)O. The predicted molar refractivity (Wildman–Crippen MR) is 60.8 cm³/mol. The van der Waals surface area contributed by atoms with Crippen molar-refractivity contribution >= 4 is 17.8 Å². The van der Waals surface area contributed by atoms with Gasteiger partial charge in [0.2, 0.25) is 11.8 Å². The van der Waals surface area contributed by atoms with Crippen LogP contribution in [-0.4, -0.2) is 35.5 Å². The Hall–Kier alpha value is -1.63. The fourth-order valence-corrected chi connectivity index (χ4v) is 1.13. The maximum Gasteiger partial charge on any atom is 0.326 e. The first-order chi connectivity index (χ1) is 7.76. The number of aliphatic carboxylic acids is 1. The molecule has 0 aliphatic heterocycles. The van der Waals surface area contributed by atoms with Gasteiger partial charge in [-0.1, -0.05) is 6.92 Å². The van der Waals surface area contributed by atoms with E-state index in [1.54, 1.807) is 13.8 Å². The Kier molecular flexibility index (Phi) is 5.60. The molecule has 7 heteroatoms. The average molecular weight is 245 g/mol. The number of rotatable bonds is 7. The molecule has 0 bridgehead atoms. The number of hydrogen-bond donors (Lipinski definition) is 4. The Morgan fingerprint density at radius 2 is 1.94 bits per heavy atom. The average Bonchev–Trinajstić information content (AvgIpc) is 2.26. The van der Waals surface area contributed by atoms with Gasteiger partial charge >= 0.3 is 5.97 Å². The van der Waals surface area contributed by atoms with E-state index in [9.17, 15) is 14.4 Å². The molecule has 0 heterocycles. The Morgan fingerprint density at radius 3 is 2.24 bits per heavy atom. The molecule has 0 aromatic rings. The second-order valence-corrected chi connectivity index (χ2v) is 4.15. The van der Waals surface area contributed by atoms with Gasteiger partial charge in [-0.05, 0) is 13.3 Å². The number of nitrogens with two attached hydrogens (primary N) is 2. The summed E-state index contributed by atoms with van der Waals surface area (Å²) >= 11 is 0. The third-order valence-electron chi connectivity index (χ3n) is 2.79. The van der Waals surface area contributed by atoms with E-state index in [-0.39, 0.29) is 6.54 Å². The zero-order chi connectivity index (χ0) is 13.6. The molecule has 6 N–H and O–H groups in total. The van der Waals surface area contributed by atoms with Crippen molar-refractivity contribution in [2.75, 3.05) is 6.54 Å². The molecule has 0 aromatic heterocycles. The van der Waals surface area contributed by atoms with Gasteiger partial charge in [0.1, 0.15) is 6.04 Å². The lowest BCUT2D eigenvalue weighted by Crippen LogP contribution is -2.51. The molecular formula is C10H19N3O4. The smallest absolute Gasteiger partial charge is 0.326 e. The fourth-order valence-electron chi connectivity index (χ4n) is 1.13. The number of nitrogens with one attached hydrogen (secondary N) is 1. The summed E-state index contributed by atoms with van der Waals surface area (Å²) in [6.07, 6.45) is 0.0314. The Balaban J connectivity index is 4.71. The van der Waals surface area contributed by atoms with Gasteiger partial charge in [-0.2, -0.15) is 0 Å². The number of carboxylic acid groups (broad SMARTS) is 1. The van der Waals surface area contributed by atoms with Crippen molar-refractivity contribution in [1.29, 1.82) is 0 Å². The van der Waals surface area contributed by atoms with Crippen molar-refractivity contribution in [2.24, 2.45) is 16.9 Å². The molecule has 2 amide bonds. The Labute approximate surface area is 99.5 Å². The molecule has 7 nitrogen and oxygen atoms in total. The van der Waals surface area contributed by atoms with Gasteiger partial charge in [0, 0.05) is 6.54 Å². The highest BCUT2D eigenvalue weighted by Crippen LogP contribution is 2.19. The maximum absolute atomic E-state index is 11.8. The molecule has 0 spiro atoms. The molecule has 0 fully saturated rings. The van der Waals surface area contributed by atoms with Gasteiger partial charge in [0.15, 0.2) is 0 Å². The Bertz CT molecular complexity index is 313. The molecule has 0 saturated heterocycles. The van der Waals surface area contributed by atoms with Crippen molar-refractivity contribution < 1.29 is 19.5 Å². The number of amides is 2. The third kappa shape index (κ3) is 4.39. The molecule has 0 aliphatic carbocycles. The molecule has 0 rings (SSSR count). The number of carbonyl (C=O) groups excluding carboxylic acids is 2. The van der Waals surface area contributed by atoms with Crippen LogP contribution in [0.25, 0.3) is 0 Å². The number of primary amides is 1. The highest BCUT2D eigenvalue weighted by molar-refractivity contribution is 5.90. The van der Waals surface area contributed by atoms with E-state index < -0.39 is 35.7 Å². The molecule has 1 unspecified atom stereocenters. The minimum Gasteiger partial charge on any atom is -0.480 e. The van der Waals surface area contributed by atoms with Crippen molar-refractivity contribution in [2.45, 2.75) is 32.7 Å². The molecular weight excluding hydrogens is 226 g/mol. The van der Waals surface area contributed by atoms with Gasteiger partial charge < -0.3 is 21.9 Å². The maximum atomic E-state index is 11.8. The highest BCUT2D eigenvalue weighted by atomic mass is 16.4. The predicted octanol–water partition coefficient (Wildman–Crippen LogP) is -1.19. The number of hydrogen-bond acceptors (Lipinski definition) is 4. The summed E-state index contributed by atoms with van der Waals surface area (Å²) in [6, 6.07) is -1.31. The first-order valence-corrected chi connectivity index (χ1v) is 5.29. The van der Waals surface area contributed by atoms with Crippen molar-refractivity contribution in [1.82, 2.24) is 5.32 Å². The van der Waals surface area contributed by atoms with Gasteiger partial charge in [0.05, 0.1) is 11.8 Å². The summed E-state index contributed by atoms with van der Waals surface area (Å²) in [5.41, 5.74) is 9.53. The quantitative estimate of drug-likeness (QED) is 0.447. The van der Waals surface area contributed by atoms with Crippen LogP contribution in [-0.2, 0) is 14.4 Å². The number of carboxylic acids is 1. The standard InChI is InChI=1S/C10H19N3O4/c1-3-10(2,5-11)9(17)13-6(8(15)16)4-7(12)14/h6H,3-5,11H2,1-2H3,(H2,12,14)(H,13,17)(H,15,16)/t6-,10?/m0/s1. The van der Waals surface area contributed by atoms with Gasteiger partial charge in [0.25, 0.3) is 0 Å². The lowest BCUT2D eigenvalue weighted by molar-refractivity contribution is -0.145. The van der Waals surface area contributed by atoms with E-state index in [0.29, 0.717) is 6.42 Å². The largest absolute Gasteiger partial charge is 0.480 e. The van der Waals surface area contributed by atoms with E-state index in [1.807, 2.05) is 0 Å². The zero-order valence-electron chi connectivity index (χ0n) is 10.0. The second kappa shape index (κ2) is 6.19. The first kappa shape index (κ1) is 15.4. The molecule has 0 aromatic carbocycles. The van der Waals surface area contributed by atoms with Gasteiger partial charge in [-0.15, -0.1) is 0 Å². The molecule has 98 valence electrons. The second-order valence-electron chi connectivity index (χ2n) is 4.15. The van der Waals surface area contributed by atoms with Crippen LogP contribution < -0.4 is 16.8 Å². The summed E-state index contributed by atoms with van der Waals surface area (Å²) in [4.78, 5) is 33.3. The summed E-state index contributed by atoms with van der Waals surface area (Å²) in [5.74, 6) is -2.58. The number of carbonyl (C=O) groups is 3. The Morgan fingerprint density at radius 1 is 1.41 bits per heavy atom. The molecule has 0 radical (unpaired) electrons. The highest BCUT2D eigenvalue weighted by Gasteiger charge is 2.33. The summed E-state index contributed by atoms with van der Waals surface area (Å²) in [6.45, 7) is 3.50. The molecule has 2 atom stereocenters. The normalized spacial score (nSPS) is 15.7.